The first-order valence-corrected chi connectivity index (χ1v) is 9.25. The van der Waals surface area contributed by atoms with Crippen molar-refractivity contribution in [1.29, 1.82) is 5.26 Å². The van der Waals surface area contributed by atoms with Gasteiger partial charge in [-0.3, -0.25) is 4.57 Å². The number of rotatable bonds is 5. The second-order valence-electron chi connectivity index (χ2n) is 5.38. The van der Waals surface area contributed by atoms with Crippen molar-refractivity contribution in [1.82, 2.24) is 13.9 Å². The van der Waals surface area contributed by atoms with Crippen molar-refractivity contribution in [3.63, 3.8) is 0 Å². The van der Waals surface area contributed by atoms with Gasteiger partial charge in [-0.1, -0.05) is 30.3 Å². The minimum Gasteiger partial charge on any atom is -0.408 e. The average molecular weight is 399 g/mol. The molecule has 4 rings (SSSR count). The van der Waals surface area contributed by atoms with E-state index in [0.29, 0.717) is 10.7 Å². The zero-order chi connectivity index (χ0) is 18.8. The largest absolute Gasteiger partial charge is 0.421 e. The monoisotopic (exact) mass is 399 g/mol. The van der Waals surface area contributed by atoms with Crippen LogP contribution in [0.2, 0.25) is 0 Å². The molecule has 1 N–H and O–H groups in total. The second-order valence-corrected chi connectivity index (χ2v) is 7.01. The number of aromatic nitrogens is 3. The fourth-order valence-corrected chi connectivity index (χ4v) is 3.73. The molecule has 2 aromatic carbocycles. The molecule has 7 nitrogen and oxygen atoms in total. The van der Waals surface area contributed by atoms with Crippen LogP contribution in [-0.4, -0.2) is 13.9 Å². The van der Waals surface area contributed by atoms with Crippen molar-refractivity contribution in [3.05, 3.63) is 70.7 Å². The Kier molecular flexibility index (Phi) is 4.62. The van der Waals surface area contributed by atoms with Gasteiger partial charge in [-0.2, -0.15) is 9.64 Å². The van der Waals surface area contributed by atoms with Crippen molar-refractivity contribution < 1.29 is 8.81 Å². The van der Waals surface area contributed by atoms with E-state index >= 15 is 0 Å². The Morgan fingerprint density at radius 2 is 2.15 bits per heavy atom. The van der Waals surface area contributed by atoms with Crippen molar-refractivity contribution in [2.24, 2.45) is 0 Å². The molecule has 10 heteroatoms. The van der Waals surface area contributed by atoms with Crippen LogP contribution in [0.25, 0.3) is 11.1 Å². The lowest BCUT2D eigenvalue weighted by Gasteiger charge is -2.11. The number of nitrogens with zero attached hydrogens (tertiary/aromatic N) is 4. The number of oxazole rings is 1. The first-order chi connectivity index (χ1) is 13.2. The molecule has 0 saturated carbocycles. The summed E-state index contributed by atoms with van der Waals surface area (Å²) in [5.41, 5.74) is 1.02. The number of fused-ring (bicyclic) bond motifs is 1. The molecule has 0 aliphatic rings. The molecule has 1 unspecified atom stereocenters. The summed E-state index contributed by atoms with van der Waals surface area (Å²) in [5.74, 6) is -1.28. The molecule has 0 aliphatic carbocycles. The fourth-order valence-electron chi connectivity index (χ4n) is 2.59. The molecule has 0 bridgehead atoms. The molecule has 0 amide bonds. The molecule has 2 aromatic heterocycles. The number of halogens is 1. The number of benzene rings is 2. The standard InChI is InChI=1S/C17H10FN5O2S2/c18-11-6-12-14(7-15(11)26-22-16-20-9-21-27-16)25-17(24)23(12)13(8-19)10-4-2-1-3-5-10/h1-7,9,13H,(H,20,21,22). The van der Waals surface area contributed by atoms with E-state index in [1.165, 1.54) is 18.5 Å². The third-order valence-electron chi connectivity index (χ3n) is 3.77. The van der Waals surface area contributed by atoms with Crippen molar-refractivity contribution in [3.8, 4) is 6.07 Å². The summed E-state index contributed by atoms with van der Waals surface area (Å²) in [6.45, 7) is 0. The van der Waals surface area contributed by atoms with Gasteiger partial charge in [-0.25, -0.2) is 14.2 Å². The van der Waals surface area contributed by atoms with E-state index in [9.17, 15) is 14.4 Å². The Hall–Kier alpha value is -3.16. The first kappa shape index (κ1) is 17.3. The normalized spacial score (nSPS) is 12.0. The third kappa shape index (κ3) is 3.30. The second kappa shape index (κ2) is 7.22. The van der Waals surface area contributed by atoms with Gasteiger partial charge in [0.05, 0.1) is 16.5 Å². The zero-order valence-corrected chi connectivity index (χ0v) is 15.1. The average Bonchev–Trinajstić information content (AvgIpc) is 3.30. The Balaban J connectivity index is 1.75. The van der Waals surface area contributed by atoms with Gasteiger partial charge >= 0.3 is 5.76 Å². The summed E-state index contributed by atoms with van der Waals surface area (Å²) < 4.78 is 27.7. The van der Waals surface area contributed by atoms with Crippen molar-refractivity contribution in [2.45, 2.75) is 10.9 Å². The summed E-state index contributed by atoms with van der Waals surface area (Å²) in [6.07, 6.45) is 1.39. The molecular formula is C17H10FN5O2S2. The molecule has 1 atom stereocenters. The Morgan fingerprint density at radius 3 is 2.85 bits per heavy atom. The maximum absolute atomic E-state index is 14.6. The highest BCUT2D eigenvalue weighted by atomic mass is 32.2. The summed E-state index contributed by atoms with van der Waals surface area (Å²) in [7, 11) is 0. The molecule has 4 aromatic rings. The molecule has 0 radical (unpaired) electrons. The van der Waals surface area contributed by atoms with Gasteiger partial charge in [0.15, 0.2) is 11.6 Å². The van der Waals surface area contributed by atoms with Crippen LogP contribution in [0.5, 0.6) is 0 Å². The number of hydrogen-bond acceptors (Lipinski definition) is 8. The van der Waals surface area contributed by atoms with Gasteiger partial charge in [0.2, 0.25) is 5.13 Å². The lowest BCUT2D eigenvalue weighted by molar-refractivity contribution is 0.505. The van der Waals surface area contributed by atoms with E-state index in [-0.39, 0.29) is 16.0 Å². The van der Waals surface area contributed by atoms with Crippen LogP contribution < -0.4 is 10.5 Å². The van der Waals surface area contributed by atoms with Crippen LogP contribution in [0, 0.1) is 17.1 Å². The van der Waals surface area contributed by atoms with E-state index in [0.717, 1.165) is 28.0 Å². The molecule has 134 valence electrons. The van der Waals surface area contributed by atoms with Gasteiger partial charge in [0, 0.05) is 23.7 Å². The Bertz CT molecular complexity index is 1180. The van der Waals surface area contributed by atoms with E-state index < -0.39 is 17.6 Å². The minimum absolute atomic E-state index is 0.194. The SMILES string of the molecule is N#CC(c1ccccc1)n1c(=O)oc2cc(SNc3ncns3)c(F)cc21. The maximum Gasteiger partial charge on any atom is 0.421 e. The minimum atomic E-state index is -0.919. The smallest absolute Gasteiger partial charge is 0.408 e. The zero-order valence-electron chi connectivity index (χ0n) is 13.5. The van der Waals surface area contributed by atoms with Gasteiger partial charge in [0.1, 0.15) is 12.1 Å². The van der Waals surface area contributed by atoms with Crippen molar-refractivity contribution >= 4 is 39.7 Å². The molecule has 0 spiro atoms. The van der Waals surface area contributed by atoms with Crippen LogP contribution in [0.15, 0.2) is 62.9 Å². The topological polar surface area (TPSA) is 96.7 Å². The highest BCUT2D eigenvalue weighted by Gasteiger charge is 2.22. The molecule has 0 fully saturated rings. The van der Waals surface area contributed by atoms with E-state index in [1.54, 1.807) is 24.3 Å². The number of anilines is 1. The van der Waals surface area contributed by atoms with Gasteiger partial charge in [-0.05, 0) is 17.5 Å². The lowest BCUT2D eigenvalue weighted by atomic mass is 10.1. The summed E-state index contributed by atoms with van der Waals surface area (Å²) in [5, 5.41) is 10.1. The molecule has 2 heterocycles. The highest BCUT2D eigenvalue weighted by molar-refractivity contribution is 8.00. The third-order valence-corrected chi connectivity index (χ3v) is 5.31. The first-order valence-electron chi connectivity index (χ1n) is 7.66. The van der Waals surface area contributed by atoms with Gasteiger partial charge in [0.25, 0.3) is 0 Å². The number of nitriles is 1. The van der Waals surface area contributed by atoms with E-state index in [4.69, 9.17) is 4.42 Å². The van der Waals surface area contributed by atoms with Crippen LogP contribution in [0.4, 0.5) is 9.52 Å². The number of hydrogen-bond donors (Lipinski definition) is 1. The molecule has 0 saturated heterocycles. The lowest BCUT2D eigenvalue weighted by Crippen LogP contribution is -2.20. The summed E-state index contributed by atoms with van der Waals surface area (Å²) in [4.78, 5) is 16.5. The van der Waals surface area contributed by atoms with Gasteiger partial charge in [-0.15, -0.1) is 0 Å². The predicted octanol–water partition coefficient (Wildman–Crippen LogP) is 3.82. The summed E-state index contributed by atoms with van der Waals surface area (Å²) >= 11 is 2.13. The number of nitrogens with one attached hydrogen (secondary N) is 1. The fraction of sp³-hybridized carbons (Fsp3) is 0.0588. The van der Waals surface area contributed by atoms with E-state index in [1.807, 2.05) is 6.07 Å². The Morgan fingerprint density at radius 1 is 1.33 bits per heavy atom. The molecular weight excluding hydrogens is 389 g/mol. The predicted molar refractivity (Wildman–Crippen MR) is 100 cm³/mol. The maximum atomic E-state index is 14.6. The molecule has 27 heavy (non-hydrogen) atoms. The highest BCUT2D eigenvalue weighted by Crippen LogP contribution is 2.30. The van der Waals surface area contributed by atoms with Crippen molar-refractivity contribution in [2.75, 3.05) is 4.72 Å². The van der Waals surface area contributed by atoms with Gasteiger partial charge < -0.3 is 9.14 Å². The van der Waals surface area contributed by atoms with E-state index in [2.05, 4.69) is 20.1 Å². The van der Waals surface area contributed by atoms with Crippen LogP contribution in [-0.2, 0) is 0 Å². The van der Waals surface area contributed by atoms with Crippen LogP contribution >= 0.6 is 23.5 Å². The Labute approximate surface area is 160 Å². The van der Waals surface area contributed by atoms with Crippen LogP contribution in [0.3, 0.4) is 0 Å². The van der Waals surface area contributed by atoms with Crippen LogP contribution in [0.1, 0.15) is 11.6 Å². The summed E-state index contributed by atoms with van der Waals surface area (Å²) in [6, 6.07) is 12.6. The quantitative estimate of drug-likeness (QED) is 0.510. The molecule has 0 aliphatic heterocycles.